The van der Waals surface area contributed by atoms with Gasteiger partial charge in [-0.25, -0.2) is 0 Å². The summed E-state index contributed by atoms with van der Waals surface area (Å²) < 4.78 is 0. The molecule has 1 aromatic carbocycles. The van der Waals surface area contributed by atoms with E-state index < -0.39 is 11.4 Å². The highest BCUT2D eigenvalue weighted by Crippen LogP contribution is 2.43. The van der Waals surface area contributed by atoms with E-state index >= 15 is 0 Å². The van der Waals surface area contributed by atoms with Gasteiger partial charge in [-0.15, -0.1) is 0 Å². The topological polar surface area (TPSA) is 66.0 Å². The highest BCUT2D eigenvalue weighted by Gasteiger charge is 2.42. The summed E-state index contributed by atoms with van der Waals surface area (Å²) in [5.41, 5.74) is 0.718. The van der Waals surface area contributed by atoms with Crippen molar-refractivity contribution in [2.75, 3.05) is 0 Å². The van der Waals surface area contributed by atoms with Crippen molar-refractivity contribution in [2.24, 2.45) is 0 Å². The second kappa shape index (κ2) is 4.53. The van der Waals surface area contributed by atoms with Crippen molar-refractivity contribution < 1.29 is 9.90 Å². The Morgan fingerprint density at radius 2 is 2.05 bits per heavy atom. The molecule has 1 aliphatic rings. The Labute approximate surface area is 115 Å². The Morgan fingerprint density at radius 1 is 1.32 bits per heavy atom. The van der Waals surface area contributed by atoms with Crippen molar-refractivity contribution in [1.82, 2.24) is 10.2 Å². The molecular weight excluding hydrogens is 264 g/mol. The molecule has 1 fully saturated rings. The van der Waals surface area contributed by atoms with Gasteiger partial charge in [0.15, 0.2) is 0 Å². The zero-order valence-electron chi connectivity index (χ0n) is 10.4. The predicted molar refractivity (Wildman–Crippen MR) is 73.5 cm³/mol. The number of fused-ring (bicyclic) bond motifs is 1. The number of aliphatic carboxylic acids is 1. The van der Waals surface area contributed by atoms with Gasteiger partial charge in [0.2, 0.25) is 0 Å². The van der Waals surface area contributed by atoms with E-state index in [9.17, 15) is 9.90 Å². The fourth-order valence-corrected chi connectivity index (χ4v) is 3.42. The Balaban J connectivity index is 2.26. The van der Waals surface area contributed by atoms with E-state index in [2.05, 4.69) is 10.2 Å². The summed E-state index contributed by atoms with van der Waals surface area (Å²) in [4.78, 5) is 11.9. The number of nitrogens with one attached hydrogen (secondary N) is 1. The minimum absolute atomic E-state index is 0.428. The van der Waals surface area contributed by atoms with Gasteiger partial charge >= 0.3 is 5.97 Å². The van der Waals surface area contributed by atoms with Crippen LogP contribution in [0.3, 0.4) is 0 Å². The fraction of sp³-hybridized carbons (Fsp3) is 0.429. The van der Waals surface area contributed by atoms with Gasteiger partial charge < -0.3 is 5.11 Å². The molecule has 2 N–H and O–H groups in total. The average Bonchev–Trinajstić information content (AvgIpc) is 2.81. The van der Waals surface area contributed by atoms with Crippen LogP contribution >= 0.6 is 11.6 Å². The minimum Gasteiger partial charge on any atom is -0.481 e. The molecule has 3 rings (SSSR count). The molecule has 1 aromatic heterocycles. The molecule has 19 heavy (non-hydrogen) atoms. The van der Waals surface area contributed by atoms with E-state index in [1.807, 2.05) is 18.2 Å². The molecule has 0 spiro atoms. The lowest BCUT2D eigenvalue weighted by atomic mass is 9.68. The second-order valence-corrected chi connectivity index (χ2v) is 5.56. The van der Waals surface area contributed by atoms with Crippen LogP contribution in [0, 0.1) is 0 Å². The van der Waals surface area contributed by atoms with Gasteiger partial charge in [0.05, 0.1) is 10.9 Å². The van der Waals surface area contributed by atoms with Crippen molar-refractivity contribution in [3.8, 4) is 0 Å². The number of carboxylic acid groups (broad SMARTS) is 1. The van der Waals surface area contributed by atoms with E-state index in [4.69, 9.17) is 11.6 Å². The maximum Gasteiger partial charge on any atom is 0.314 e. The third-order valence-corrected chi connectivity index (χ3v) is 4.44. The Morgan fingerprint density at radius 3 is 2.74 bits per heavy atom. The van der Waals surface area contributed by atoms with Gasteiger partial charge in [-0.3, -0.25) is 9.89 Å². The van der Waals surface area contributed by atoms with Crippen LogP contribution in [0.2, 0.25) is 5.15 Å². The van der Waals surface area contributed by atoms with Crippen LogP contribution in [0.4, 0.5) is 0 Å². The van der Waals surface area contributed by atoms with Crippen LogP contribution in [-0.2, 0) is 10.2 Å². The molecule has 2 aromatic rings. The summed E-state index contributed by atoms with van der Waals surface area (Å²) in [5, 5.41) is 17.8. The smallest absolute Gasteiger partial charge is 0.314 e. The number of aromatic nitrogens is 2. The number of carbonyl (C=O) groups is 1. The lowest BCUT2D eigenvalue weighted by Gasteiger charge is -2.34. The van der Waals surface area contributed by atoms with Crippen LogP contribution in [0.15, 0.2) is 18.2 Å². The van der Waals surface area contributed by atoms with Crippen molar-refractivity contribution in [1.29, 1.82) is 0 Å². The number of hydrogen-bond acceptors (Lipinski definition) is 2. The lowest BCUT2D eigenvalue weighted by molar-refractivity contribution is -0.145. The van der Waals surface area contributed by atoms with E-state index in [-0.39, 0.29) is 0 Å². The van der Waals surface area contributed by atoms with Gasteiger partial charge in [-0.2, -0.15) is 5.10 Å². The minimum atomic E-state index is -0.814. The quantitative estimate of drug-likeness (QED) is 0.883. The summed E-state index contributed by atoms with van der Waals surface area (Å²) >= 11 is 6.15. The number of aromatic amines is 1. The number of carboxylic acids is 1. The third-order valence-electron chi connectivity index (χ3n) is 4.17. The van der Waals surface area contributed by atoms with Crippen LogP contribution < -0.4 is 0 Å². The normalized spacial score (nSPS) is 18.6. The van der Waals surface area contributed by atoms with Gasteiger partial charge in [0.25, 0.3) is 0 Å². The molecule has 100 valence electrons. The molecule has 0 bridgehead atoms. The van der Waals surface area contributed by atoms with Gasteiger partial charge in [0, 0.05) is 5.39 Å². The molecule has 0 atom stereocenters. The van der Waals surface area contributed by atoms with E-state index in [1.54, 1.807) is 0 Å². The van der Waals surface area contributed by atoms with Gasteiger partial charge in [-0.1, -0.05) is 43.0 Å². The number of H-pyrrole nitrogens is 1. The molecule has 1 saturated carbocycles. The SMILES string of the molecule is O=C(O)C1(c2cccc3n[nH]c(Cl)c23)CCCCC1. The fourth-order valence-electron chi connectivity index (χ4n) is 3.18. The molecule has 1 aliphatic carbocycles. The van der Waals surface area contributed by atoms with Crippen LogP contribution in [0.25, 0.3) is 10.9 Å². The highest BCUT2D eigenvalue weighted by atomic mass is 35.5. The molecule has 4 nitrogen and oxygen atoms in total. The molecule has 0 radical (unpaired) electrons. The maximum absolute atomic E-state index is 11.9. The Kier molecular flexibility index (Phi) is 2.97. The zero-order valence-corrected chi connectivity index (χ0v) is 11.2. The molecule has 0 amide bonds. The summed E-state index contributed by atoms with van der Waals surface area (Å²) in [5.74, 6) is -0.753. The van der Waals surface area contributed by atoms with Crippen molar-refractivity contribution in [3.05, 3.63) is 28.9 Å². The molecule has 1 heterocycles. The predicted octanol–water partition coefficient (Wildman–Crippen LogP) is 3.50. The Bertz CT molecular complexity index is 629. The molecule has 0 unspecified atom stereocenters. The average molecular weight is 279 g/mol. The maximum atomic E-state index is 11.9. The van der Waals surface area contributed by atoms with Crippen molar-refractivity contribution in [3.63, 3.8) is 0 Å². The number of halogens is 1. The van der Waals surface area contributed by atoms with E-state index in [0.29, 0.717) is 18.0 Å². The zero-order chi connectivity index (χ0) is 13.5. The first kappa shape index (κ1) is 12.5. The molecular formula is C14H15ClN2O2. The van der Waals surface area contributed by atoms with Crippen molar-refractivity contribution in [2.45, 2.75) is 37.5 Å². The standard InChI is InChI=1S/C14H15ClN2O2/c15-12-11-9(5-4-6-10(11)16-17-12)14(13(18)19)7-2-1-3-8-14/h4-6H,1-3,7-8H2,(H,16,17)(H,18,19). The third kappa shape index (κ3) is 1.82. The molecule has 0 aliphatic heterocycles. The number of benzene rings is 1. The monoisotopic (exact) mass is 278 g/mol. The second-order valence-electron chi connectivity index (χ2n) is 5.19. The summed E-state index contributed by atoms with van der Waals surface area (Å²) in [7, 11) is 0. The van der Waals surface area contributed by atoms with Crippen LogP contribution in [-0.4, -0.2) is 21.3 Å². The first-order valence-electron chi connectivity index (χ1n) is 6.52. The van der Waals surface area contributed by atoms with Gasteiger partial charge in [-0.05, 0) is 24.5 Å². The van der Waals surface area contributed by atoms with Crippen LogP contribution in [0.5, 0.6) is 0 Å². The van der Waals surface area contributed by atoms with E-state index in [1.165, 1.54) is 0 Å². The number of hydrogen-bond donors (Lipinski definition) is 2. The first-order valence-corrected chi connectivity index (χ1v) is 6.89. The Hall–Kier alpha value is -1.55. The number of nitrogens with zero attached hydrogens (tertiary/aromatic N) is 1. The molecule has 0 saturated heterocycles. The molecule has 5 heteroatoms. The van der Waals surface area contributed by atoms with Crippen LogP contribution in [0.1, 0.15) is 37.7 Å². The summed E-state index contributed by atoms with van der Waals surface area (Å²) in [6.07, 6.45) is 4.33. The number of rotatable bonds is 2. The summed E-state index contributed by atoms with van der Waals surface area (Å²) in [6.45, 7) is 0. The van der Waals surface area contributed by atoms with Gasteiger partial charge in [0.1, 0.15) is 5.15 Å². The highest BCUT2D eigenvalue weighted by molar-refractivity contribution is 6.34. The van der Waals surface area contributed by atoms with E-state index in [0.717, 1.165) is 35.7 Å². The van der Waals surface area contributed by atoms with Crippen molar-refractivity contribution >= 4 is 28.5 Å². The lowest BCUT2D eigenvalue weighted by Crippen LogP contribution is -2.38. The summed E-state index contributed by atoms with van der Waals surface area (Å²) in [6, 6.07) is 5.58. The largest absolute Gasteiger partial charge is 0.481 e. The first-order chi connectivity index (χ1) is 9.15.